The van der Waals surface area contributed by atoms with E-state index < -0.39 is 0 Å². The molecule has 1 fully saturated rings. The van der Waals surface area contributed by atoms with Gasteiger partial charge in [-0.05, 0) is 24.1 Å². The Morgan fingerprint density at radius 2 is 2.12 bits per heavy atom. The normalized spacial score (nSPS) is 16.6. The lowest BCUT2D eigenvalue weighted by Crippen LogP contribution is -2.33. The van der Waals surface area contributed by atoms with E-state index in [0.29, 0.717) is 12.4 Å². The minimum absolute atomic E-state index is 0.205. The van der Waals surface area contributed by atoms with Crippen molar-refractivity contribution in [3.63, 3.8) is 0 Å². The van der Waals surface area contributed by atoms with Crippen molar-refractivity contribution in [3.8, 4) is 0 Å². The lowest BCUT2D eigenvalue weighted by molar-refractivity contribution is -0.132. The summed E-state index contributed by atoms with van der Waals surface area (Å²) in [6.45, 7) is 0.850. The highest BCUT2D eigenvalue weighted by atomic mass is 35.5. The standard InChI is InChI=1S/C6H10ClNO.C6H3Cl/c7-5-8-4-2-1-3-6(8)9;7-6-3-4-1-2-5(4)6/h1-5H2;1-3H. The van der Waals surface area contributed by atoms with Crippen LogP contribution in [0.3, 0.4) is 0 Å². The number of rotatable bonds is 1. The Hall–Kier alpha value is -0.730. The molecular weight excluding hydrogens is 245 g/mol. The van der Waals surface area contributed by atoms with Crippen LogP contribution < -0.4 is 0 Å². The van der Waals surface area contributed by atoms with E-state index in [1.54, 1.807) is 4.90 Å². The van der Waals surface area contributed by atoms with Gasteiger partial charge in [-0.2, -0.15) is 0 Å². The van der Waals surface area contributed by atoms with Gasteiger partial charge in [-0.25, -0.2) is 0 Å². The SMILES string of the molecule is Clc1cc2ccc1=2.O=C1CCCCN1CCl. The van der Waals surface area contributed by atoms with Gasteiger partial charge in [-0.1, -0.05) is 23.7 Å². The van der Waals surface area contributed by atoms with Crippen molar-refractivity contribution in [1.29, 1.82) is 0 Å². The van der Waals surface area contributed by atoms with Crippen LogP contribution >= 0.6 is 23.2 Å². The first-order valence-electron chi connectivity index (χ1n) is 5.36. The highest BCUT2D eigenvalue weighted by Crippen LogP contribution is 2.20. The first-order chi connectivity index (χ1) is 7.72. The van der Waals surface area contributed by atoms with Crippen molar-refractivity contribution in [2.24, 2.45) is 0 Å². The summed E-state index contributed by atoms with van der Waals surface area (Å²) in [5, 5.41) is 3.46. The molecular formula is C12H13Cl2NO. The van der Waals surface area contributed by atoms with Gasteiger partial charge in [0, 0.05) is 23.2 Å². The Labute approximate surface area is 104 Å². The van der Waals surface area contributed by atoms with Gasteiger partial charge in [0.15, 0.2) is 0 Å². The predicted molar refractivity (Wildman–Crippen MR) is 65.4 cm³/mol. The first-order valence-corrected chi connectivity index (χ1v) is 6.27. The predicted octanol–water partition coefficient (Wildman–Crippen LogP) is 3.14. The van der Waals surface area contributed by atoms with E-state index in [1.165, 1.54) is 10.4 Å². The molecule has 1 aliphatic heterocycles. The molecule has 0 N–H and O–H groups in total. The maximum Gasteiger partial charge on any atom is 0.223 e. The van der Waals surface area contributed by atoms with Crippen LogP contribution in [0.15, 0.2) is 18.2 Å². The van der Waals surface area contributed by atoms with Crippen LogP contribution in [0.25, 0.3) is 0 Å². The van der Waals surface area contributed by atoms with Crippen LogP contribution in [0, 0.1) is 10.4 Å². The number of hydrogen-bond acceptors (Lipinski definition) is 1. The van der Waals surface area contributed by atoms with Gasteiger partial charge in [-0.3, -0.25) is 4.79 Å². The quantitative estimate of drug-likeness (QED) is 0.568. The summed E-state index contributed by atoms with van der Waals surface area (Å²) in [4.78, 5) is 12.6. The third-order valence-electron chi connectivity index (χ3n) is 2.85. The summed E-state index contributed by atoms with van der Waals surface area (Å²) < 4.78 is 0. The second kappa shape index (κ2) is 5.07. The number of alkyl halides is 1. The minimum Gasteiger partial charge on any atom is -0.329 e. The molecule has 0 bridgehead atoms. The third-order valence-corrected chi connectivity index (χ3v) is 3.45. The number of benzene rings is 1. The van der Waals surface area contributed by atoms with E-state index in [-0.39, 0.29) is 5.91 Å². The molecule has 86 valence electrons. The van der Waals surface area contributed by atoms with Crippen LogP contribution in [-0.2, 0) is 4.79 Å². The number of amides is 1. The molecule has 0 spiro atoms. The van der Waals surface area contributed by atoms with E-state index in [4.69, 9.17) is 23.2 Å². The van der Waals surface area contributed by atoms with Crippen LogP contribution in [0.2, 0.25) is 5.02 Å². The summed E-state index contributed by atoms with van der Waals surface area (Å²) in [6.07, 6.45) is 2.83. The number of likely N-dealkylation sites (tertiary alicyclic amines) is 1. The average Bonchev–Trinajstić information content (AvgIpc) is 2.27. The maximum absolute atomic E-state index is 10.9. The molecule has 2 aliphatic carbocycles. The smallest absolute Gasteiger partial charge is 0.223 e. The van der Waals surface area contributed by atoms with Gasteiger partial charge in [0.05, 0.1) is 6.00 Å². The molecule has 0 unspecified atom stereocenters. The Balaban J connectivity index is 0.000000123. The van der Waals surface area contributed by atoms with Crippen molar-refractivity contribution in [3.05, 3.63) is 33.7 Å². The molecule has 0 saturated carbocycles. The lowest BCUT2D eigenvalue weighted by Gasteiger charge is -2.23. The zero-order valence-electron chi connectivity index (χ0n) is 8.88. The summed E-state index contributed by atoms with van der Waals surface area (Å²) in [5.74, 6) is 0.205. The molecule has 2 nitrogen and oxygen atoms in total. The van der Waals surface area contributed by atoms with Crippen molar-refractivity contribution in [2.75, 3.05) is 12.5 Å². The van der Waals surface area contributed by atoms with E-state index in [1.807, 2.05) is 12.1 Å². The van der Waals surface area contributed by atoms with Crippen molar-refractivity contribution in [1.82, 2.24) is 4.90 Å². The van der Waals surface area contributed by atoms with Gasteiger partial charge in [0.25, 0.3) is 0 Å². The summed E-state index contributed by atoms with van der Waals surface area (Å²) >= 11 is 11.1. The van der Waals surface area contributed by atoms with E-state index in [9.17, 15) is 4.79 Å². The van der Waals surface area contributed by atoms with Gasteiger partial charge < -0.3 is 4.90 Å². The zero-order valence-corrected chi connectivity index (χ0v) is 10.4. The van der Waals surface area contributed by atoms with Crippen LogP contribution in [0.4, 0.5) is 0 Å². The van der Waals surface area contributed by atoms with E-state index >= 15 is 0 Å². The fraction of sp³-hybridized carbons (Fsp3) is 0.417. The Morgan fingerprint density at radius 3 is 2.38 bits per heavy atom. The molecule has 3 rings (SSSR count). The number of halogens is 2. The van der Waals surface area contributed by atoms with Gasteiger partial charge in [0.1, 0.15) is 0 Å². The van der Waals surface area contributed by atoms with Crippen LogP contribution in [0.1, 0.15) is 19.3 Å². The topological polar surface area (TPSA) is 20.3 Å². The Bertz CT molecular complexity index is 486. The molecule has 0 radical (unpaired) electrons. The van der Waals surface area contributed by atoms with Crippen LogP contribution in [0.5, 0.6) is 0 Å². The highest BCUT2D eigenvalue weighted by Gasteiger charge is 2.15. The molecule has 0 aromatic heterocycles. The second-order valence-electron chi connectivity index (χ2n) is 3.93. The average molecular weight is 258 g/mol. The number of carbonyl (C=O) groups excluding carboxylic acids is 1. The fourth-order valence-corrected chi connectivity index (χ4v) is 2.27. The molecule has 3 aliphatic rings. The molecule has 0 atom stereocenters. The molecule has 1 amide bonds. The molecule has 0 aromatic carbocycles. The van der Waals surface area contributed by atoms with Gasteiger partial charge in [0.2, 0.25) is 5.91 Å². The molecule has 0 aromatic rings. The monoisotopic (exact) mass is 257 g/mol. The fourth-order valence-electron chi connectivity index (χ4n) is 1.73. The van der Waals surface area contributed by atoms with Crippen molar-refractivity contribution >= 4 is 29.1 Å². The Morgan fingerprint density at radius 1 is 1.31 bits per heavy atom. The highest BCUT2D eigenvalue weighted by molar-refractivity contribution is 6.31. The number of carbonyl (C=O) groups is 1. The number of nitrogens with zero attached hydrogens (tertiary/aromatic N) is 1. The number of piperidine rings is 1. The van der Waals surface area contributed by atoms with Crippen LogP contribution in [-0.4, -0.2) is 23.4 Å². The molecule has 1 saturated heterocycles. The molecule has 1 heterocycles. The molecule has 4 heteroatoms. The maximum atomic E-state index is 10.9. The summed E-state index contributed by atoms with van der Waals surface area (Å²) in [7, 11) is 0. The van der Waals surface area contributed by atoms with Crippen molar-refractivity contribution in [2.45, 2.75) is 19.3 Å². The minimum atomic E-state index is 0.205. The summed E-state index contributed by atoms with van der Waals surface area (Å²) in [5.41, 5.74) is 0. The molecule has 16 heavy (non-hydrogen) atoms. The van der Waals surface area contributed by atoms with E-state index in [0.717, 1.165) is 24.4 Å². The third kappa shape index (κ3) is 2.33. The second-order valence-corrected chi connectivity index (χ2v) is 4.57. The van der Waals surface area contributed by atoms with E-state index in [2.05, 4.69) is 6.07 Å². The number of hydrogen-bond donors (Lipinski definition) is 0. The Kier molecular flexibility index (Phi) is 3.72. The summed E-state index contributed by atoms with van der Waals surface area (Å²) in [6, 6.07) is 6.41. The zero-order chi connectivity index (χ0) is 11.5. The largest absolute Gasteiger partial charge is 0.329 e. The van der Waals surface area contributed by atoms with Crippen molar-refractivity contribution < 1.29 is 4.79 Å². The first kappa shape index (κ1) is 11.7. The van der Waals surface area contributed by atoms with Gasteiger partial charge in [-0.15, -0.1) is 11.6 Å². The van der Waals surface area contributed by atoms with Gasteiger partial charge >= 0.3 is 0 Å². The lowest BCUT2D eigenvalue weighted by atomic mass is 10.1.